The Labute approximate surface area is 128 Å². The van der Waals surface area contributed by atoms with E-state index in [9.17, 15) is 4.79 Å². The zero-order valence-electron chi connectivity index (χ0n) is 11.9. The molecule has 1 unspecified atom stereocenters. The van der Waals surface area contributed by atoms with E-state index in [2.05, 4.69) is 15.9 Å². The third-order valence-electron chi connectivity index (χ3n) is 3.64. The molecular weight excluding hydrogens is 320 g/mol. The molecule has 1 saturated heterocycles. The number of benzene rings is 1. The van der Waals surface area contributed by atoms with E-state index in [1.807, 2.05) is 18.2 Å². The molecule has 0 bridgehead atoms. The number of ketones is 1. The Balaban J connectivity index is 1.80. The smallest absolute Gasteiger partial charge is 0.137 e. The third kappa shape index (κ3) is 4.60. The van der Waals surface area contributed by atoms with Crippen molar-refractivity contribution in [3.05, 3.63) is 28.2 Å². The quantitative estimate of drug-likeness (QED) is 0.787. The van der Waals surface area contributed by atoms with E-state index in [0.29, 0.717) is 12.8 Å². The Hall–Kier alpha value is -0.870. The topological polar surface area (TPSA) is 35.5 Å². The van der Waals surface area contributed by atoms with Crippen molar-refractivity contribution in [2.45, 2.75) is 44.6 Å². The van der Waals surface area contributed by atoms with Crippen LogP contribution >= 0.6 is 15.9 Å². The van der Waals surface area contributed by atoms with E-state index in [1.165, 1.54) is 6.42 Å². The normalized spacial score (nSPS) is 18.8. The summed E-state index contributed by atoms with van der Waals surface area (Å²) in [6, 6.07) is 5.78. The highest BCUT2D eigenvalue weighted by Crippen LogP contribution is 2.26. The number of halogens is 1. The van der Waals surface area contributed by atoms with Gasteiger partial charge in [-0.3, -0.25) is 4.79 Å². The van der Waals surface area contributed by atoms with Crippen molar-refractivity contribution in [1.82, 2.24) is 0 Å². The molecule has 20 heavy (non-hydrogen) atoms. The molecule has 0 N–H and O–H groups in total. The van der Waals surface area contributed by atoms with Crippen LogP contribution in [0.1, 0.15) is 37.7 Å². The minimum Gasteiger partial charge on any atom is -0.496 e. The van der Waals surface area contributed by atoms with Crippen LogP contribution in [0, 0.1) is 0 Å². The molecule has 0 spiro atoms. The van der Waals surface area contributed by atoms with Gasteiger partial charge in [0.15, 0.2) is 0 Å². The minimum absolute atomic E-state index is 0.274. The monoisotopic (exact) mass is 340 g/mol. The molecule has 2 rings (SSSR count). The third-order valence-corrected chi connectivity index (χ3v) is 4.26. The average molecular weight is 341 g/mol. The van der Waals surface area contributed by atoms with Crippen LogP contribution in [0.15, 0.2) is 22.7 Å². The maximum atomic E-state index is 12.0. The van der Waals surface area contributed by atoms with Crippen LogP contribution in [0.2, 0.25) is 0 Å². The number of Topliss-reactive ketones (excluding diaryl/α,β-unsaturated/α-hetero) is 1. The van der Waals surface area contributed by atoms with E-state index in [-0.39, 0.29) is 11.9 Å². The van der Waals surface area contributed by atoms with Crippen molar-refractivity contribution in [2.24, 2.45) is 0 Å². The van der Waals surface area contributed by atoms with E-state index < -0.39 is 0 Å². The van der Waals surface area contributed by atoms with Gasteiger partial charge in [-0.2, -0.15) is 0 Å². The summed E-state index contributed by atoms with van der Waals surface area (Å²) in [6.45, 7) is 0.851. The molecule has 1 aromatic rings. The van der Waals surface area contributed by atoms with Crippen molar-refractivity contribution in [2.75, 3.05) is 13.7 Å². The zero-order valence-corrected chi connectivity index (χ0v) is 13.4. The summed E-state index contributed by atoms with van der Waals surface area (Å²) in [6.07, 6.45) is 5.71. The van der Waals surface area contributed by atoms with Gasteiger partial charge in [-0.15, -0.1) is 0 Å². The second-order valence-electron chi connectivity index (χ2n) is 5.21. The van der Waals surface area contributed by atoms with Gasteiger partial charge in [0, 0.05) is 19.4 Å². The summed E-state index contributed by atoms with van der Waals surface area (Å²) in [5.41, 5.74) is 1.02. The number of ether oxygens (including phenoxy) is 2. The van der Waals surface area contributed by atoms with Gasteiger partial charge >= 0.3 is 0 Å². The first kappa shape index (κ1) is 15.5. The first-order chi connectivity index (χ1) is 9.69. The second kappa shape index (κ2) is 7.79. The van der Waals surface area contributed by atoms with Gasteiger partial charge in [0.1, 0.15) is 11.5 Å². The fraction of sp³-hybridized carbons (Fsp3) is 0.562. The average Bonchev–Trinajstić information content (AvgIpc) is 2.46. The van der Waals surface area contributed by atoms with Crippen LogP contribution in [-0.2, 0) is 16.0 Å². The van der Waals surface area contributed by atoms with E-state index in [4.69, 9.17) is 9.47 Å². The SMILES string of the molecule is COc1ccc(CC(=O)CCC2CCCCO2)cc1Br. The van der Waals surface area contributed by atoms with Crippen molar-refractivity contribution in [1.29, 1.82) is 0 Å². The van der Waals surface area contributed by atoms with Crippen LogP contribution in [0.4, 0.5) is 0 Å². The van der Waals surface area contributed by atoms with Crippen LogP contribution in [0.5, 0.6) is 5.75 Å². The molecule has 3 nitrogen and oxygen atoms in total. The molecule has 0 radical (unpaired) electrons. The highest BCUT2D eigenvalue weighted by Gasteiger charge is 2.15. The van der Waals surface area contributed by atoms with Gasteiger partial charge in [-0.1, -0.05) is 6.07 Å². The molecule has 0 saturated carbocycles. The maximum Gasteiger partial charge on any atom is 0.137 e. The largest absolute Gasteiger partial charge is 0.496 e. The van der Waals surface area contributed by atoms with E-state index >= 15 is 0 Å². The second-order valence-corrected chi connectivity index (χ2v) is 6.07. The number of hydrogen-bond donors (Lipinski definition) is 0. The lowest BCUT2D eigenvalue weighted by molar-refractivity contribution is -0.119. The summed E-state index contributed by atoms with van der Waals surface area (Å²) in [5, 5.41) is 0. The summed E-state index contributed by atoms with van der Waals surface area (Å²) in [4.78, 5) is 12.0. The van der Waals surface area contributed by atoms with Crippen LogP contribution in [-0.4, -0.2) is 25.6 Å². The van der Waals surface area contributed by atoms with E-state index in [0.717, 1.165) is 41.7 Å². The Morgan fingerprint density at radius 3 is 2.95 bits per heavy atom. The molecular formula is C16H21BrO3. The predicted molar refractivity (Wildman–Crippen MR) is 82.2 cm³/mol. The van der Waals surface area contributed by atoms with Crippen LogP contribution in [0.25, 0.3) is 0 Å². The summed E-state index contributed by atoms with van der Waals surface area (Å²) in [7, 11) is 1.63. The number of carbonyl (C=O) groups excluding carboxylic acids is 1. The lowest BCUT2D eigenvalue weighted by Gasteiger charge is -2.22. The highest BCUT2D eigenvalue weighted by atomic mass is 79.9. The molecule has 1 heterocycles. The predicted octanol–water partition coefficient (Wildman–Crippen LogP) is 3.92. The molecule has 1 aliphatic rings. The lowest BCUT2D eigenvalue weighted by atomic mass is 10.0. The van der Waals surface area contributed by atoms with E-state index in [1.54, 1.807) is 7.11 Å². The van der Waals surface area contributed by atoms with Crippen molar-refractivity contribution < 1.29 is 14.3 Å². The standard InChI is InChI=1S/C16H21BrO3/c1-19-16-8-5-12(11-15(16)17)10-13(18)6-7-14-4-2-3-9-20-14/h5,8,11,14H,2-4,6-7,9-10H2,1H3. The summed E-state index contributed by atoms with van der Waals surface area (Å²) in [5.74, 6) is 1.06. The number of methoxy groups -OCH3 is 1. The molecule has 1 atom stereocenters. The molecule has 0 aromatic heterocycles. The molecule has 1 fully saturated rings. The van der Waals surface area contributed by atoms with Gasteiger partial charge in [0.05, 0.1) is 17.7 Å². The van der Waals surface area contributed by atoms with Crippen LogP contribution in [0.3, 0.4) is 0 Å². The van der Waals surface area contributed by atoms with Gasteiger partial charge in [-0.25, -0.2) is 0 Å². The summed E-state index contributed by atoms with van der Waals surface area (Å²) >= 11 is 3.44. The number of hydrogen-bond acceptors (Lipinski definition) is 3. The molecule has 1 aromatic carbocycles. The minimum atomic E-state index is 0.274. The molecule has 4 heteroatoms. The van der Waals surface area contributed by atoms with Gasteiger partial charge in [0.25, 0.3) is 0 Å². The van der Waals surface area contributed by atoms with Gasteiger partial charge in [-0.05, 0) is 59.3 Å². The first-order valence-electron chi connectivity index (χ1n) is 7.15. The maximum absolute atomic E-state index is 12.0. The Morgan fingerprint density at radius 2 is 2.30 bits per heavy atom. The number of carbonyl (C=O) groups is 1. The number of rotatable bonds is 6. The van der Waals surface area contributed by atoms with Crippen molar-refractivity contribution >= 4 is 21.7 Å². The van der Waals surface area contributed by atoms with Crippen molar-refractivity contribution in [3.8, 4) is 5.75 Å². The van der Waals surface area contributed by atoms with Crippen molar-refractivity contribution in [3.63, 3.8) is 0 Å². The Morgan fingerprint density at radius 1 is 1.45 bits per heavy atom. The van der Waals surface area contributed by atoms with Gasteiger partial charge in [0.2, 0.25) is 0 Å². The first-order valence-corrected chi connectivity index (χ1v) is 7.94. The summed E-state index contributed by atoms with van der Waals surface area (Å²) < 4.78 is 11.7. The molecule has 110 valence electrons. The molecule has 0 aliphatic carbocycles. The van der Waals surface area contributed by atoms with Crippen LogP contribution < -0.4 is 4.74 Å². The lowest BCUT2D eigenvalue weighted by Crippen LogP contribution is -2.20. The Kier molecular flexibility index (Phi) is 6.05. The Bertz CT molecular complexity index is 453. The zero-order chi connectivity index (χ0) is 14.4. The highest BCUT2D eigenvalue weighted by molar-refractivity contribution is 9.10. The van der Waals surface area contributed by atoms with Gasteiger partial charge < -0.3 is 9.47 Å². The molecule has 0 amide bonds. The molecule has 1 aliphatic heterocycles. The fourth-order valence-electron chi connectivity index (χ4n) is 2.49. The fourth-order valence-corrected chi connectivity index (χ4v) is 3.08.